The first-order chi connectivity index (χ1) is 13.1. The zero-order valence-electron chi connectivity index (χ0n) is 16.0. The smallest absolute Gasteiger partial charge is 0.239 e. The Morgan fingerprint density at radius 3 is 2.59 bits per heavy atom. The summed E-state index contributed by atoms with van der Waals surface area (Å²) in [5.41, 5.74) is 0.904. The van der Waals surface area contributed by atoms with E-state index < -0.39 is 0 Å². The Morgan fingerprint density at radius 1 is 1.19 bits per heavy atom. The molecule has 1 atom stereocenters. The summed E-state index contributed by atoms with van der Waals surface area (Å²) in [6, 6.07) is 9.92. The lowest BCUT2D eigenvalue weighted by molar-refractivity contribution is -0.204. The summed E-state index contributed by atoms with van der Waals surface area (Å²) in [6.45, 7) is 3.40. The molecule has 1 saturated carbocycles. The highest BCUT2D eigenvalue weighted by molar-refractivity contribution is 5.82. The molecule has 0 unspecified atom stereocenters. The highest BCUT2D eigenvalue weighted by atomic mass is 16.5. The molecule has 3 fully saturated rings. The lowest BCUT2D eigenvalue weighted by atomic mass is 9.89. The van der Waals surface area contributed by atoms with E-state index in [0.717, 1.165) is 25.4 Å². The molecule has 0 bridgehead atoms. The number of morpholine rings is 1. The molecule has 6 nitrogen and oxygen atoms in total. The molecule has 27 heavy (non-hydrogen) atoms. The van der Waals surface area contributed by atoms with Crippen LogP contribution in [0, 0.1) is 5.92 Å². The van der Waals surface area contributed by atoms with Gasteiger partial charge in [0.15, 0.2) is 0 Å². The topological polar surface area (TPSA) is 61.9 Å². The van der Waals surface area contributed by atoms with E-state index in [0.29, 0.717) is 26.1 Å². The number of amides is 2. The first-order valence-electron chi connectivity index (χ1n) is 10.00. The number of carbonyl (C=O) groups is 2. The molecule has 3 aliphatic rings. The summed E-state index contributed by atoms with van der Waals surface area (Å²) >= 11 is 0. The number of likely N-dealkylation sites (N-methyl/N-ethyl adjacent to an activating group) is 1. The summed E-state index contributed by atoms with van der Waals surface area (Å²) in [6.07, 6.45) is 3.83. The molecule has 2 saturated heterocycles. The van der Waals surface area contributed by atoms with Crippen molar-refractivity contribution in [2.45, 2.75) is 37.3 Å². The van der Waals surface area contributed by atoms with Crippen LogP contribution in [0.15, 0.2) is 30.3 Å². The number of ether oxygens (including phenoxy) is 1. The second kappa shape index (κ2) is 7.60. The third-order valence-corrected chi connectivity index (χ3v) is 6.00. The maximum Gasteiger partial charge on any atom is 0.239 e. The molecule has 1 aliphatic carbocycles. The zero-order valence-corrected chi connectivity index (χ0v) is 16.0. The van der Waals surface area contributed by atoms with Crippen molar-refractivity contribution in [3.05, 3.63) is 35.9 Å². The first-order valence-corrected chi connectivity index (χ1v) is 10.00. The van der Waals surface area contributed by atoms with E-state index in [1.807, 2.05) is 23.1 Å². The fourth-order valence-corrected chi connectivity index (χ4v) is 4.19. The summed E-state index contributed by atoms with van der Waals surface area (Å²) in [4.78, 5) is 28.9. The Balaban J connectivity index is 1.30. The molecule has 146 valence electrons. The van der Waals surface area contributed by atoms with Gasteiger partial charge in [-0.2, -0.15) is 0 Å². The van der Waals surface area contributed by atoms with E-state index in [-0.39, 0.29) is 23.5 Å². The second-order valence-electron chi connectivity index (χ2n) is 8.23. The van der Waals surface area contributed by atoms with Crippen LogP contribution in [-0.2, 0) is 20.7 Å². The lowest BCUT2D eigenvalue weighted by Gasteiger charge is -2.55. The van der Waals surface area contributed by atoms with Crippen LogP contribution in [0.1, 0.15) is 24.8 Å². The van der Waals surface area contributed by atoms with Crippen LogP contribution in [0.25, 0.3) is 0 Å². The third-order valence-electron chi connectivity index (χ3n) is 6.00. The summed E-state index contributed by atoms with van der Waals surface area (Å²) in [7, 11) is 1.68. The standard InChI is InChI=1S/C21H29N3O3/c1-22-20(26)18-12-27-21(13-23(18)11-17-7-8-17)14-24(15-21)19(25)10-9-16-5-3-2-4-6-16/h2-6,17-18H,7-15H2,1H3,(H,22,26)/t18-/m0/s1. The van der Waals surface area contributed by atoms with Crippen LogP contribution >= 0.6 is 0 Å². The SMILES string of the molecule is CNC(=O)[C@@H]1COC2(CN(C(=O)CCc3ccccc3)C2)CN1CC1CC1. The summed E-state index contributed by atoms with van der Waals surface area (Å²) < 4.78 is 6.12. The average Bonchev–Trinajstić information content (AvgIpc) is 3.48. The zero-order chi connectivity index (χ0) is 18.9. The van der Waals surface area contributed by atoms with Crippen molar-refractivity contribution in [2.75, 3.05) is 39.8 Å². The van der Waals surface area contributed by atoms with Crippen LogP contribution < -0.4 is 5.32 Å². The third kappa shape index (κ3) is 4.17. The van der Waals surface area contributed by atoms with E-state index in [4.69, 9.17) is 4.74 Å². The Morgan fingerprint density at radius 2 is 1.93 bits per heavy atom. The average molecular weight is 371 g/mol. The van der Waals surface area contributed by atoms with Crippen molar-refractivity contribution in [2.24, 2.45) is 5.92 Å². The number of carbonyl (C=O) groups excluding carboxylic acids is 2. The van der Waals surface area contributed by atoms with Gasteiger partial charge in [-0.3, -0.25) is 14.5 Å². The Bertz CT molecular complexity index is 683. The van der Waals surface area contributed by atoms with Gasteiger partial charge in [0.25, 0.3) is 0 Å². The predicted octanol–water partition coefficient (Wildman–Crippen LogP) is 1.06. The van der Waals surface area contributed by atoms with Crippen LogP contribution in [0.5, 0.6) is 0 Å². The number of nitrogens with zero attached hydrogens (tertiary/aromatic N) is 2. The quantitative estimate of drug-likeness (QED) is 0.812. The lowest BCUT2D eigenvalue weighted by Crippen LogP contribution is -2.73. The molecule has 2 heterocycles. The van der Waals surface area contributed by atoms with Crippen molar-refractivity contribution in [3.8, 4) is 0 Å². The molecular formula is C21H29N3O3. The van der Waals surface area contributed by atoms with Gasteiger partial charge in [0.1, 0.15) is 11.6 Å². The van der Waals surface area contributed by atoms with Crippen LogP contribution in [-0.4, -0.2) is 73.1 Å². The van der Waals surface area contributed by atoms with Crippen molar-refractivity contribution in [1.82, 2.24) is 15.1 Å². The molecule has 1 N–H and O–H groups in total. The molecule has 2 aliphatic heterocycles. The number of hydrogen-bond donors (Lipinski definition) is 1. The number of hydrogen-bond acceptors (Lipinski definition) is 4. The Hall–Kier alpha value is -1.92. The monoisotopic (exact) mass is 371 g/mol. The maximum atomic E-state index is 12.5. The fraction of sp³-hybridized carbons (Fsp3) is 0.619. The van der Waals surface area contributed by atoms with Crippen molar-refractivity contribution >= 4 is 11.8 Å². The number of nitrogens with one attached hydrogen (secondary N) is 1. The van der Waals surface area contributed by atoms with Gasteiger partial charge < -0.3 is 15.0 Å². The highest BCUT2D eigenvalue weighted by Gasteiger charge is 2.52. The van der Waals surface area contributed by atoms with Gasteiger partial charge in [0, 0.05) is 26.6 Å². The van der Waals surface area contributed by atoms with Gasteiger partial charge in [-0.15, -0.1) is 0 Å². The van der Waals surface area contributed by atoms with Gasteiger partial charge in [-0.25, -0.2) is 0 Å². The highest BCUT2D eigenvalue weighted by Crippen LogP contribution is 2.36. The van der Waals surface area contributed by atoms with E-state index >= 15 is 0 Å². The minimum absolute atomic E-state index is 0.0283. The predicted molar refractivity (Wildman–Crippen MR) is 102 cm³/mol. The minimum Gasteiger partial charge on any atom is -0.368 e. The van der Waals surface area contributed by atoms with Crippen LogP contribution in [0.4, 0.5) is 0 Å². The van der Waals surface area contributed by atoms with Gasteiger partial charge in [-0.1, -0.05) is 30.3 Å². The second-order valence-corrected chi connectivity index (χ2v) is 8.23. The molecule has 0 aromatic heterocycles. The van der Waals surface area contributed by atoms with E-state index in [1.54, 1.807) is 7.05 Å². The molecule has 6 heteroatoms. The largest absolute Gasteiger partial charge is 0.368 e. The molecule has 1 spiro atoms. The van der Waals surface area contributed by atoms with Gasteiger partial charge >= 0.3 is 0 Å². The molecule has 1 aromatic rings. The Labute approximate surface area is 160 Å². The minimum atomic E-state index is -0.290. The van der Waals surface area contributed by atoms with Crippen molar-refractivity contribution < 1.29 is 14.3 Å². The first kappa shape index (κ1) is 18.4. The normalized spacial score (nSPS) is 24.5. The van der Waals surface area contributed by atoms with Crippen LogP contribution in [0.3, 0.4) is 0 Å². The number of likely N-dealkylation sites (tertiary alicyclic amines) is 1. The van der Waals surface area contributed by atoms with Crippen molar-refractivity contribution in [3.63, 3.8) is 0 Å². The van der Waals surface area contributed by atoms with E-state index in [1.165, 1.54) is 18.4 Å². The van der Waals surface area contributed by atoms with Gasteiger partial charge in [0.05, 0.1) is 19.7 Å². The summed E-state index contributed by atoms with van der Waals surface area (Å²) in [5, 5.41) is 2.76. The fourth-order valence-electron chi connectivity index (χ4n) is 4.19. The van der Waals surface area contributed by atoms with Crippen LogP contribution in [0.2, 0.25) is 0 Å². The van der Waals surface area contributed by atoms with Gasteiger partial charge in [-0.05, 0) is 30.7 Å². The van der Waals surface area contributed by atoms with Gasteiger partial charge in [0.2, 0.25) is 11.8 Å². The van der Waals surface area contributed by atoms with E-state index in [2.05, 4.69) is 22.3 Å². The maximum absolute atomic E-state index is 12.5. The number of benzene rings is 1. The molecule has 2 amide bonds. The van der Waals surface area contributed by atoms with E-state index in [9.17, 15) is 9.59 Å². The number of rotatable bonds is 6. The molecular weight excluding hydrogens is 342 g/mol. The molecule has 1 aromatic carbocycles. The number of aryl methyl sites for hydroxylation is 1. The molecule has 4 rings (SSSR count). The van der Waals surface area contributed by atoms with Crippen molar-refractivity contribution in [1.29, 1.82) is 0 Å². The molecule has 0 radical (unpaired) electrons. The Kier molecular flexibility index (Phi) is 5.19. The summed E-state index contributed by atoms with van der Waals surface area (Å²) in [5.74, 6) is 0.937.